The largest absolute Gasteiger partial charge is 0.462 e. The predicted octanol–water partition coefficient (Wildman–Crippen LogP) is 5.11. The van der Waals surface area contributed by atoms with E-state index in [4.69, 9.17) is 9.47 Å². The summed E-state index contributed by atoms with van der Waals surface area (Å²) >= 11 is 2.76. The molecule has 1 aliphatic rings. The maximum atomic E-state index is 12.5. The minimum absolute atomic E-state index is 0.241. The first-order chi connectivity index (χ1) is 14.1. The quantitative estimate of drug-likeness (QED) is 0.583. The number of ether oxygens (including phenoxy) is 2. The second kappa shape index (κ2) is 10.5. The van der Waals surface area contributed by atoms with Crippen LogP contribution in [-0.4, -0.2) is 31.1 Å². The van der Waals surface area contributed by atoms with E-state index in [9.17, 15) is 14.4 Å². The van der Waals surface area contributed by atoms with Gasteiger partial charge in [-0.2, -0.15) is 0 Å². The number of carbonyl (C=O) groups is 3. The molecule has 1 amide bonds. The number of esters is 2. The molecule has 0 aliphatic heterocycles. The van der Waals surface area contributed by atoms with Crippen molar-refractivity contribution in [2.24, 2.45) is 5.92 Å². The van der Waals surface area contributed by atoms with E-state index in [1.807, 2.05) is 22.9 Å². The molecule has 2 aromatic rings. The summed E-state index contributed by atoms with van der Waals surface area (Å²) in [4.78, 5) is 37.7. The van der Waals surface area contributed by atoms with Gasteiger partial charge < -0.3 is 14.8 Å². The highest BCUT2D eigenvalue weighted by atomic mass is 32.1. The van der Waals surface area contributed by atoms with E-state index in [0.717, 1.165) is 36.1 Å². The van der Waals surface area contributed by atoms with Gasteiger partial charge in [-0.15, -0.1) is 22.7 Å². The molecule has 6 nitrogen and oxygen atoms in total. The Labute approximate surface area is 178 Å². The van der Waals surface area contributed by atoms with Gasteiger partial charge >= 0.3 is 11.9 Å². The van der Waals surface area contributed by atoms with Gasteiger partial charge in [0.2, 0.25) is 0 Å². The first kappa shape index (κ1) is 21.5. The highest BCUT2D eigenvalue weighted by molar-refractivity contribution is 7.17. The normalized spacial score (nSPS) is 14.4. The topological polar surface area (TPSA) is 81.7 Å². The lowest BCUT2D eigenvalue weighted by molar-refractivity contribution is -0.148. The van der Waals surface area contributed by atoms with Crippen LogP contribution < -0.4 is 5.32 Å². The van der Waals surface area contributed by atoms with E-state index >= 15 is 0 Å². The van der Waals surface area contributed by atoms with Crippen LogP contribution in [-0.2, 0) is 19.1 Å². The molecule has 1 saturated carbocycles. The zero-order valence-electron chi connectivity index (χ0n) is 16.4. The summed E-state index contributed by atoms with van der Waals surface area (Å²) in [6.45, 7) is 1.61. The number of nitrogens with one attached hydrogen (secondary N) is 1. The fourth-order valence-corrected chi connectivity index (χ4v) is 5.25. The van der Waals surface area contributed by atoms with Crippen molar-refractivity contribution in [2.75, 3.05) is 18.5 Å². The van der Waals surface area contributed by atoms with Crippen LogP contribution in [0.4, 0.5) is 5.00 Å². The van der Waals surface area contributed by atoms with Crippen molar-refractivity contribution < 1.29 is 23.9 Å². The first-order valence-electron chi connectivity index (χ1n) is 9.86. The highest BCUT2D eigenvalue weighted by Gasteiger charge is 2.24. The Kier molecular flexibility index (Phi) is 7.83. The van der Waals surface area contributed by atoms with Gasteiger partial charge in [-0.25, -0.2) is 4.79 Å². The van der Waals surface area contributed by atoms with Gasteiger partial charge in [0.25, 0.3) is 5.91 Å². The third kappa shape index (κ3) is 5.90. The van der Waals surface area contributed by atoms with Gasteiger partial charge in [-0.1, -0.05) is 25.3 Å². The minimum Gasteiger partial charge on any atom is -0.462 e. The summed E-state index contributed by atoms with van der Waals surface area (Å²) < 4.78 is 10.3. The Balaban J connectivity index is 1.60. The molecule has 29 heavy (non-hydrogen) atoms. The number of rotatable bonds is 8. The second-order valence-electron chi connectivity index (χ2n) is 6.97. The number of hydrogen-bond acceptors (Lipinski definition) is 7. The summed E-state index contributed by atoms with van der Waals surface area (Å²) in [6.07, 6.45) is 5.99. The van der Waals surface area contributed by atoms with Gasteiger partial charge in [0.05, 0.1) is 6.61 Å². The Morgan fingerprint density at radius 3 is 2.62 bits per heavy atom. The standard InChI is InChI=1S/C21H25NO5S2/c1-2-26-21(25)19-15(16-9-6-10-28-16)13-29-20(19)22-17(23)12-27-18(24)11-14-7-4-3-5-8-14/h6,9-10,13-14H,2-5,7-8,11-12H2,1H3,(H,22,23). The molecule has 1 fully saturated rings. The Bertz CT molecular complexity index is 837. The lowest BCUT2D eigenvalue weighted by atomic mass is 9.87. The fourth-order valence-electron chi connectivity index (χ4n) is 3.46. The summed E-state index contributed by atoms with van der Waals surface area (Å²) in [5.41, 5.74) is 1.06. The van der Waals surface area contributed by atoms with Crippen molar-refractivity contribution in [3.63, 3.8) is 0 Å². The summed E-state index contributed by atoms with van der Waals surface area (Å²) in [5.74, 6) is -0.933. The smallest absolute Gasteiger partial charge is 0.341 e. The van der Waals surface area contributed by atoms with Crippen molar-refractivity contribution in [3.05, 3.63) is 28.5 Å². The molecule has 2 aromatic heterocycles. The monoisotopic (exact) mass is 435 g/mol. The van der Waals surface area contributed by atoms with Gasteiger partial charge in [-0.05, 0) is 37.1 Å². The maximum absolute atomic E-state index is 12.5. The molecular weight excluding hydrogens is 410 g/mol. The zero-order valence-corrected chi connectivity index (χ0v) is 18.0. The van der Waals surface area contributed by atoms with Crippen molar-refractivity contribution in [3.8, 4) is 10.4 Å². The molecule has 0 atom stereocenters. The van der Waals surface area contributed by atoms with Gasteiger partial charge in [0, 0.05) is 22.2 Å². The number of thiophene rings is 2. The molecule has 1 aliphatic carbocycles. The SMILES string of the molecule is CCOC(=O)c1c(-c2cccs2)csc1NC(=O)COC(=O)CC1CCCCC1. The van der Waals surface area contributed by atoms with Crippen LogP contribution in [0.3, 0.4) is 0 Å². The van der Waals surface area contributed by atoms with E-state index in [-0.39, 0.29) is 19.2 Å². The van der Waals surface area contributed by atoms with Crippen LogP contribution in [0, 0.1) is 5.92 Å². The second-order valence-corrected chi connectivity index (χ2v) is 8.80. The van der Waals surface area contributed by atoms with Crippen molar-refractivity contribution in [1.82, 2.24) is 0 Å². The van der Waals surface area contributed by atoms with Crippen LogP contribution in [0.1, 0.15) is 55.8 Å². The highest BCUT2D eigenvalue weighted by Crippen LogP contribution is 2.38. The summed E-state index contributed by atoms with van der Waals surface area (Å²) in [5, 5.41) is 6.85. The number of amides is 1. The van der Waals surface area contributed by atoms with E-state index in [2.05, 4.69) is 5.32 Å². The Morgan fingerprint density at radius 2 is 1.93 bits per heavy atom. The van der Waals surface area contributed by atoms with Crippen LogP contribution in [0.15, 0.2) is 22.9 Å². The van der Waals surface area contributed by atoms with Crippen LogP contribution >= 0.6 is 22.7 Å². The molecule has 0 bridgehead atoms. The van der Waals surface area contributed by atoms with Crippen molar-refractivity contribution in [1.29, 1.82) is 0 Å². The maximum Gasteiger partial charge on any atom is 0.341 e. The molecule has 156 valence electrons. The molecule has 0 radical (unpaired) electrons. The molecule has 0 spiro atoms. The first-order valence-corrected chi connectivity index (χ1v) is 11.6. The van der Waals surface area contributed by atoms with E-state index in [1.54, 1.807) is 6.92 Å². The van der Waals surface area contributed by atoms with Crippen molar-refractivity contribution in [2.45, 2.75) is 45.4 Å². The number of carbonyl (C=O) groups excluding carboxylic acids is 3. The van der Waals surface area contributed by atoms with Gasteiger partial charge in [0.1, 0.15) is 10.6 Å². The lowest BCUT2D eigenvalue weighted by Gasteiger charge is -2.20. The average Bonchev–Trinajstić information content (AvgIpc) is 3.37. The molecule has 3 rings (SSSR count). The third-order valence-electron chi connectivity index (χ3n) is 4.85. The molecule has 2 heterocycles. The number of anilines is 1. The molecule has 0 saturated heterocycles. The van der Waals surface area contributed by atoms with Crippen molar-refractivity contribution >= 4 is 45.5 Å². The van der Waals surface area contributed by atoms with E-state index in [0.29, 0.717) is 22.9 Å². The van der Waals surface area contributed by atoms with E-state index < -0.39 is 11.9 Å². The van der Waals surface area contributed by atoms with Gasteiger partial charge in [0.15, 0.2) is 6.61 Å². The Morgan fingerprint density at radius 1 is 1.14 bits per heavy atom. The van der Waals surface area contributed by atoms with Crippen LogP contribution in [0.2, 0.25) is 0 Å². The van der Waals surface area contributed by atoms with Gasteiger partial charge in [-0.3, -0.25) is 9.59 Å². The number of hydrogen-bond donors (Lipinski definition) is 1. The fraction of sp³-hybridized carbons (Fsp3) is 0.476. The predicted molar refractivity (Wildman–Crippen MR) is 114 cm³/mol. The molecular formula is C21H25NO5S2. The summed E-state index contributed by atoms with van der Waals surface area (Å²) in [7, 11) is 0. The van der Waals surface area contributed by atoms with Crippen LogP contribution in [0.5, 0.6) is 0 Å². The zero-order chi connectivity index (χ0) is 20.6. The molecule has 8 heteroatoms. The molecule has 0 aromatic carbocycles. The lowest BCUT2D eigenvalue weighted by Crippen LogP contribution is -2.23. The average molecular weight is 436 g/mol. The molecule has 0 unspecified atom stereocenters. The third-order valence-corrected chi connectivity index (χ3v) is 6.65. The summed E-state index contributed by atoms with van der Waals surface area (Å²) in [6, 6.07) is 3.81. The Hall–Kier alpha value is -2.19. The van der Waals surface area contributed by atoms with E-state index in [1.165, 1.54) is 29.1 Å². The minimum atomic E-state index is -0.484. The van der Waals surface area contributed by atoms with Crippen LogP contribution in [0.25, 0.3) is 10.4 Å². The molecule has 1 N–H and O–H groups in total.